The number of para-hydroxylation sites is 1. The van der Waals surface area contributed by atoms with Gasteiger partial charge in [0.2, 0.25) is 11.8 Å². The first-order chi connectivity index (χ1) is 22.9. The molecule has 4 aromatic rings. The number of nitrogens with zero attached hydrogens (tertiary/aromatic N) is 1. The lowest BCUT2D eigenvalue weighted by Crippen LogP contribution is -2.39. The van der Waals surface area contributed by atoms with Crippen LogP contribution in [0.15, 0.2) is 120 Å². The van der Waals surface area contributed by atoms with Crippen molar-refractivity contribution < 1.29 is 30.0 Å². The molecule has 2 aliphatic rings. The topological polar surface area (TPSA) is 130 Å². The minimum absolute atomic E-state index is 0.133. The maximum Gasteiger partial charge on any atom is 0.238 e. The fourth-order valence-corrected chi connectivity index (χ4v) is 6.91. The summed E-state index contributed by atoms with van der Waals surface area (Å²) < 4.78 is 0. The van der Waals surface area contributed by atoms with Gasteiger partial charge in [0, 0.05) is 17.3 Å². The number of amides is 2. The van der Waals surface area contributed by atoms with Gasteiger partial charge in [-0.3, -0.25) is 14.5 Å². The predicted molar refractivity (Wildman–Crippen MR) is 183 cm³/mol. The van der Waals surface area contributed by atoms with Crippen LogP contribution in [0.2, 0.25) is 0 Å². The summed E-state index contributed by atoms with van der Waals surface area (Å²) in [7, 11) is 0. The van der Waals surface area contributed by atoms with Crippen LogP contribution >= 0.6 is 0 Å². The molecule has 0 unspecified atom stereocenters. The summed E-state index contributed by atoms with van der Waals surface area (Å²) in [6.45, 7) is -0.832. The number of carbonyl (C=O) groups is 2. The van der Waals surface area contributed by atoms with Gasteiger partial charge in [0.15, 0.2) is 0 Å². The van der Waals surface area contributed by atoms with Crippen molar-refractivity contribution in [3.05, 3.63) is 131 Å². The normalized spacial score (nSPS) is 20.4. The van der Waals surface area contributed by atoms with Crippen molar-refractivity contribution in [2.75, 3.05) is 23.4 Å². The zero-order valence-electron chi connectivity index (χ0n) is 25.9. The Morgan fingerprint density at radius 3 is 2.11 bits per heavy atom. The van der Waals surface area contributed by atoms with E-state index in [1.165, 1.54) is 4.90 Å². The Morgan fingerprint density at radius 1 is 0.830 bits per heavy atom. The Bertz CT molecular complexity index is 1770. The van der Waals surface area contributed by atoms with E-state index in [0.29, 0.717) is 23.3 Å². The average Bonchev–Trinajstić information content (AvgIpc) is 3.36. The number of allylic oxidation sites excluding steroid dienone is 1. The van der Waals surface area contributed by atoms with Crippen molar-refractivity contribution in [3.63, 3.8) is 0 Å². The molecule has 6 rings (SSSR count). The molecule has 240 valence electrons. The number of phenols is 1. The van der Waals surface area contributed by atoms with E-state index in [0.717, 1.165) is 28.1 Å². The number of imide groups is 1. The fraction of sp³-hybridized carbons (Fsp3) is 0.231. The largest absolute Gasteiger partial charge is 0.508 e. The smallest absolute Gasteiger partial charge is 0.238 e. The number of aliphatic hydroxyl groups excluding tert-OH is 3. The number of phenolic OH excluding ortho intramolecular Hbond substituents is 1. The van der Waals surface area contributed by atoms with Gasteiger partial charge in [-0.25, -0.2) is 0 Å². The van der Waals surface area contributed by atoms with Crippen LogP contribution in [0.4, 0.5) is 17.1 Å². The highest BCUT2D eigenvalue weighted by Gasteiger charge is 2.55. The average molecular weight is 631 g/mol. The highest BCUT2D eigenvalue weighted by atomic mass is 16.3. The highest BCUT2D eigenvalue weighted by molar-refractivity contribution is 6.22. The zero-order chi connectivity index (χ0) is 32.9. The molecule has 4 atom stereocenters. The van der Waals surface area contributed by atoms with Gasteiger partial charge in [-0.05, 0) is 95.6 Å². The molecule has 4 aromatic carbocycles. The van der Waals surface area contributed by atoms with E-state index >= 15 is 0 Å². The van der Waals surface area contributed by atoms with Crippen LogP contribution < -0.4 is 10.2 Å². The number of benzene rings is 4. The van der Waals surface area contributed by atoms with E-state index in [2.05, 4.69) is 5.32 Å². The van der Waals surface area contributed by atoms with Gasteiger partial charge < -0.3 is 25.7 Å². The zero-order valence-corrected chi connectivity index (χ0v) is 25.9. The van der Waals surface area contributed by atoms with Crippen molar-refractivity contribution in [1.29, 1.82) is 0 Å². The minimum atomic E-state index is -1.05. The molecule has 0 spiro atoms. The first kappa shape index (κ1) is 31.9. The molecule has 0 radical (unpaired) electrons. The number of aromatic hydroxyl groups is 1. The molecule has 0 bridgehead atoms. The molecule has 1 fully saturated rings. The van der Waals surface area contributed by atoms with Crippen molar-refractivity contribution >= 4 is 40.5 Å². The molecule has 2 amide bonds. The second kappa shape index (κ2) is 14.2. The molecule has 1 saturated heterocycles. The van der Waals surface area contributed by atoms with Crippen LogP contribution in [-0.4, -0.2) is 51.6 Å². The van der Waals surface area contributed by atoms with E-state index in [4.69, 9.17) is 0 Å². The monoisotopic (exact) mass is 630 g/mol. The van der Waals surface area contributed by atoms with Gasteiger partial charge in [0.05, 0.1) is 36.8 Å². The van der Waals surface area contributed by atoms with Gasteiger partial charge >= 0.3 is 0 Å². The summed E-state index contributed by atoms with van der Waals surface area (Å²) in [5, 5.41) is 45.7. The fourth-order valence-electron chi connectivity index (χ4n) is 6.91. The number of fused-ring (bicyclic) bond motifs is 1. The first-order valence-electron chi connectivity index (χ1n) is 15.8. The third-order valence-corrected chi connectivity index (χ3v) is 9.18. The summed E-state index contributed by atoms with van der Waals surface area (Å²) in [4.78, 5) is 28.8. The lowest BCUT2D eigenvalue weighted by molar-refractivity contribution is -0.123. The van der Waals surface area contributed by atoms with Crippen LogP contribution in [0.3, 0.4) is 0 Å². The van der Waals surface area contributed by atoms with Crippen LogP contribution in [-0.2, 0) is 9.59 Å². The third kappa shape index (κ3) is 6.76. The molecule has 0 aromatic heterocycles. The Morgan fingerprint density at radius 2 is 1.47 bits per heavy atom. The lowest BCUT2D eigenvalue weighted by Gasteiger charge is -2.36. The van der Waals surface area contributed by atoms with Crippen molar-refractivity contribution in [1.82, 2.24) is 0 Å². The maximum atomic E-state index is 13.9. The van der Waals surface area contributed by atoms with Crippen LogP contribution in [0.25, 0.3) is 11.6 Å². The molecular weight excluding hydrogens is 592 g/mol. The first-order valence-corrected chi connectivity index (χ1v) is 15.8. The van der Waals surface area contributed by atoms with Crippen LogP contribution in [0.5, 0.6) is 5.75 Å². The number of hydrogen-bond acceptors (Lipinski definition) is 7. The Kier molecular flexibility index (Phi) is 9.63. The minimum Gasteiger partial charge on any atom is -0.508 e. The second-order valence-corrected chi connectivity index (χ2v) is 12.1. The summed E-state index contributed by atoms with van der Waals surface area (Å²) in [6, 6.07) is 33.3. The number of aliphatic hydroxyl groups is 3. The van der Waals surface area contributed by atoms with Gasteiger partial charge in [0.1, 0.15) is 5.75 Å². The molecule has 1 aliphatic heterocycles. The van der Waals surface area contributed by atoms with E-state index in [1.807, 2.05) is 78.9 Å². The van der Waals surface area contributed by atoms with Gasteiger partial charge in [-0.15, -0.1) is 0 Å². The lowest BCUT2D eigenvalue weighted by atomic mass is 9.68. The number of carbonyl (C=O) groups excluding carboxylic acids is 2. The van der Waals surface area contributed by atoms with Gasteiger partial charge in [-0.2, -0.15) is 0 Å². The Labute approximate surface area is 273 Å². The number of hydrogen-bond donors (Lipinski definition) is 5. The molecule has 47 heavy (non-hydrogen) atoms. The van der Waals surface area contributed by atoms with E-state index < -0.39 is 36.4 Å². The van der Waals surface area contributed by atoms with Crippen molar-refractivity contribution in [3.8, 4) is 5.75 Å². The van der Waals surface area contributed by atoms with Gasteiger partial charge in [-0.1, -0.05) is 66.7 Å². The number of rotatable bonds is 11. The highest BCUT2D eigenvalue weighted by Crippen LogP contribution is 2.47. The summed E-state index contributed by atoms with van der Waals surface area (Å²) in [6.07, 6.45) is 1.81. The molecule has 1 aliphatic carbocycles. The molecule has 1 heterocycles. The van der Waals surface area contributed by atoms with Gasteiger partial charge in [0.25, 0.3) is 0 Å². The molecule has 8 nitrogen and oxygen atoms in total. The van der Waals surface area contributed by atoms with Crippen molar-refractivity contribution in [2.24, 2.45) is 17.8 Å². The molecule has 0 saturated carbocycles. The van der Waals surface area contributed by atoms with E-state index in [1.54, 1.807) is 36.4 Å². The SMILES string of the molecule is O=C1[C@@H]2[C@@H](CC(CO)=C([C@H](O)CC/C(=C/c3ccc(O)cc3)c3ccccc3)[C@@H]2CO)C(=O)N1c1ccc(Nc2ccccc2)cc1. The summed E-state index contributed by atoms with van der Waals surface area (Å²) >= 11 is 0. The molecule has 8 heteroatoms. The Hall–Kier alpha value is -5.02. The maximum absolute atomic E-state index is 13.9. The molecule has 5 N–H and O–H groups in total. The number of nitrogens with one attached hydrogen (secondary N) is 1. The standard InChI is InChI=1S/C39H38N2O6/c42-23-28-22-33-37(39(47)41(38(33)46)31-16-14-30(15-17-31)40-29-9-5-2-6-10-29)34(24-43)36(28)35(45)20-13-27(26-7-3-1-4-8-26)21-25-11-18-32(44)19-12-25/h1-12,14-19,21,33-35,37,40,42-45H,13,20,22-24H2/b27-21-/t33-,34+,35-,37-/m1/s1. The quantitative estimate of drug-likeness (QED) is 0.0790. The van der Waals surface area contributed by atoms with Crippen LogP contribution in [0, 0.1) is 17.8 Å². The number of anilines is 3. The second-order valence-electron chi connectivity index (χ2n) is 12.1. The molecular formula is C39H38N2O6. The van der Waals surface area contributed by atoms with E-state index in [9.17, 15) is 30.0 Å². The summed E-state index contributed by atoms with van der Waals surface area (Å²) in [5.41, 5.74) is 5.90. The summed E-state index contributed by atoms with van der Waals surface area (Å²) in [5.74, 6) is -3.02. The van der Waals surface area contributed by atoms with E-state index in [-0.39, 0.29) is 31.1 Å². The van der Waals surface area contributed by atoms with Crippen LogP contribution in [0.1, 0.15) is 30.4 Å². The Balaban J connectivity index is 1.22. The predicted octanol–water partition coefficient (Wildman–Crippen LogP) is 5.92. The van der Waals surface area contributed by atoms with Crippen molar-refractivity contribution in [2.45, 2.75) is 25.4 Å². The third-order valence-electron chi connectivity index (χ3n) is 9.18.